The zero-order chi connectivity index (χ0) is 14.0. The average Bonchev–Trinajstić information content (AvgIpc) is 2.92. The van der Waals surface area contributed by atoms with Gasteiger partial charge >= 0.3 is 5.97 Å². The van der Waals surface area contributed by atoms with Gasteiger partial charge in [-0.1, -0.05) is 0 Å². The molecule has 0 aliphatic carbocycles. The first-order valence-electron chi connectivity index (χ1n) is 5.54. The predicted molar refractivity (Wildman–Crippen MR) is 65.0 cm³/mol. The normalized spacial score (nSPS) is 10.6. The molecule has 2 rings (SSSR count). The summed E-state index contributed by atoms with van der Waals surface area (Å²) in [5.74, 6) is -0.381. The summed E-state index contributed by atoms with van der Waals surface area (Å²) in [7, 11) is 0. The molecule has 1 N–H and O–H groups in total. The van der Waals surface area contributed by atoms with Crippen LogP contribution in [0.4, 0.5) is 5.69 Å². The second-order valence-corrected chi connectivity index (χ2v) is 4.01. The van der Waals surface area contributed by atoms with Crippen molar-refractivity contribution < 1.29 is 14.8 Å². The molecule has 8 heteroatoms. The topological polar surface area (TPSA) is 103 Å². The van der Waals surface area contributed by atoms with E-state index >= 15 is 0 Å². The minimum absolute atomic E-state index is 0.0931. The van der Waals surface area contributed by atoms with Gasteiger partial charge < -0.3 is 14.2 Å². The SMILES string of the molecule is Cc1nccn1CCn1cc([N+](=O)[O-])cc1C(=O)O. The summed E-state index contributed by atoms with van der Waals surface area (Å²) in [6, 6.07) is 1.06. The maximum absolute atomic E-state index is 11.0. The van der Waals surface area contributed by atoms with Crippen LogP contribution in [-0.4, -0.2) is 30.1 Å². The number of imidazole rings is 1. The van der Waals surface area contributed by atoms with Gasteiger partial charge in [-0.15, -0.1) is 0 Å². The number of carboxylic acids is 1. The quantitative estimate of drug-likeness (QED) is 0.647. The van der Waals surface area contributed by atoms with Gasteiger partial charge in [0.15, 0.2) is 0 Å². The zero-order valence-corrected chi connectivity index (χ0v) is 10.2. The molecule has 0 amide bonds. The molecule has 0 saturated heterocycles. The van der Waals surface area contributed by atoms with Gasteiger partial charge in [0.25, 0.3) is 5.69 Å². The van der Waals surface area contributed by atoms with Gasteiger partial charge in [-0.3, -0.25) is 10.1 Å². The minimum atomic E-state index is -1.18. The second-order valence-electron chi connectivity index (χ2n) is 4.01. The van der Waals surface area contributed by atoms with Crippen molar-refractivity contribution in [1.29, 1.82) is 0 Å². The van der Waals surface area contributed by atoms with E-state index < -0.39 is 10.9 Å². The van der Waals surface area contributed by atoms with Crippen LogP contribution < -0.4 is 0 Å². The molecule has 0 bridgehead atoms. The molecule has 0 spiro atoms. The first-order chi connectivity index (χ1) is 8.99. The Balaban J connectivity index is 2.21. The monoisotopic (exact) mass is 264 g/mol. The van der Waals surface area contributed by atoms with Crippen LogP contribution in [0.1, 0.15) is 16.3 Å². The Kier molecular flexibility index (Phi) is 3.32. The molecule has 0 atom stereocenters. The van der Waals surface area contributed by atoms with Gasteiger partial charge in [0.05, 0.1) is 11.1 Å². The molecule has 2 aromatic heterocycles. The van der Waals surface area contributed by atoms with E-state index in [2.05, 4.69) is 4.98 Å². The molecule has 100 valence electrons. The maximum atomic E-state index is 11.0. The molecule has 2 heterocycles. The summed E-state index contributed by atoms with van der Waals surface area (Å²) < 4.78 is 3.21. The Labute approximate surface area is 108 Å². The summed E-state index contributed by atoms with van der Waals surface area (Å²) in [5, 5.41) is 19.7. The smallest absolute Gasteiger partial charge is 0.352 e. The van der Waals surface area contributed by atoms with E-state index in [4.69, 9.17) is 5.11 Å². The number of aromatic nitrogens is 3. The van der Waals surface area contributed by atoms with E-state index in [-0.39, 0.29) is 11.4 Å². The van der Waals surface area contributed by atoms with Crippen LogP contribution in [0.5, 0.6) is 0 Å². The van der Waals surface area contributed by atoms with Crippen LogP contribution in [0.25, 0.3) is 0 Å². The Bertz CT molecular complexity index is 628. The van der Waals surface area contributed by atoms with Crippen molar-refractivity contribution in [2.75, 3.05) is 0 Å². The summed E-state index contributed by atoms with van der Waals surface area (Å²) in [6.07, 6.45) is 4.65. The van der Waals surface area contributed by atoms with E-state index in [1.165, 1.54) is 10.8 Å². The van der Waals surface area contributed by atoms with Gasteiger partial charge in [-0.25, -0.2) is 9.78 Å². The lowest BCUT2D eigenvalue weighted by Gasteiger charge is -2.07. The lowest BCUT2D eigenvalue weighted by molar-refractivity contribution is -0.384. The van der Waals surface area contributed by atoms with Gasteiger partial charge in [-0.2, -0.15) is 0 Å². The highest BCUT2D eigenvalue weighted by Crippen LogP contribution is 2.16. The fraction of sp³-hybridized carbons (Fsp3) is 0.273. The molecule has 0 saturated carbocycles. The predicted octanol–water partition coefficient (Wildman–Crippen LogP) is 1.30. The van der Waals surface area contributed by atoms with Gasteiger partial charge in [0, 0.05) is 31.5 Å². The van der Waals surface area contributed by atoms with E-state index in [1.807, 2.05) is 11.5 Å². The summed E-state index contributed by atoms with van der Waals surface area (Å²) in [6.45, 7) is 2.65. The number of aromatic carboxylic acids is 1. The van der Waals surface area contributed by atoms with Crippen LogP contribution in [-0.2, 0) is 13.1 Å². The second kappa shape index (κ2) is 4.92. The molecular weight excluding hydrogens is 252 g/mol. The van der Waals surface area contributed by atoms with E-state index in [9.17, 15) is 14.9 Å². The fourth-order valence-electron chi connectivity index (χ4n) is 1.81. The van der Waals surface area contributed by atoms with E-state index in [0.29, 0.717) is 13.1 Å². The summed E-state index contributed by atoms with van der Waals surface area (Å²) in [4.78, 5) is 25.1. The van der Waals surface area contributed by atoms with Gasteiger partial charge in [0.1, 0.15) is 11.5 Å². The van der Waals surface area contributed by atoms with Gasteiger partial charge in [-0.05, 0) is 6.92 Å². The van der Waals surface area contributed by atoms with Crippen molar-refractivity contribution in [2.45, 2.75) is 20.0 Å². The Morgan fingerprint density at radius 2 is 2.16 bits per heavy atom. The molecule has 8 nitrogen and oxygen atoms in total. The number of aryl methyl sites for hydroxylation is 3. The van der Waals surface area contributed by atoms with Crippen molar-refractivity contribution in [3.05, 3.63) is 46.3 Å². The lowest BCUT2D eigenvalue weighted by Crippen LogP contribution is -2.12. The number of hydrogen-bond donors (Lipinski definition) is 1. The first kappa shape index (κ1) is 12.8. The summed E-state index contributed by atoms with van der Waals surface area (Å²) >= 11 is 0. The highest BCUT2D eigenvalue weighted by Gasteiger charge is 2.18. The van der Waals surface area contributed by atoms with Crippen molar-refractivity contribution in [2.24, 2.45) is 0 Å². The van der Waals surface area contributed by atoms with Crippen LogP contribution in [0.15, 0.2) is 24.7 Å². The Morgan fingerprint density at radius 3 is 2.68 bits per heavy atom. The molecule has 0 aliphatic rings. The van der Waals surface area contributed by atoms with Crippen molar-refractivity contribution >= 4 is 11.7 Å². The molecular formula is C11H12N4O4. The summed E-state index contributed by atoms with van der Waals surface area (Å²) in [5.41, 5.74) is -0.316. The van der Waals surface area contributed by atoms with Crippen LogP contribution >= 0.6 is 0 Å². The van der Waals surface area contributed by atoms with Crippen molar-refractivity contribution in [3.8, 4) is 0 Å². The molecule has 2 aromatic rings. The molecule has 0 aromatic carbocycles. The molecule has 0 aliphatic heterocycles. The molecule has 0 unspecified atom stereocenters. The standard InChI is InChI=1S/C11H12N4O4/c1-8-12-2-3-13(8)4-5-14-7-9(15(18)19)6-10(14)11(16)17/h2-3,6-7H,4-5H2,1H3,(H,16,17). The number of carbonyl (C=O) groups is 1. The average molecular weight is 264 g/mol. The van der Waals surface area contributed by atoms with Crippen molar-refractivity contribution in [3.63, 3.8) is 0 Å². The largest absolute Gasteiger partial charge is 0.477 e. The number of nitrogens with zero attached hydrogens (tertiary/aromatic N) is 4. The maximum Gasteiger partial charge on any atom is 0.352 e. The Morgan fingerprint density at radius 1 is 1.47 bits per heavy atom. The minimum Gasteiger partial charge on any atom is -0.477 e. The Hall–Kier alpha value is -2.64. The molecule has 0 radical (unpaired) electrons. The third kappa shape index (κ3) is 2.62. The van der Waals surface area contributed by atoms with Crippen LogP contribution in [0, 0.1) is 17.0 Å². The number of carboxylic acid groups (broad SMARTS) is 1. The fourth-order valence-corrected chi connectivity index (χ4v) is 1.81. The lowest BCUT2D eigenvalue weighted by atomic mass is 10.4. The number of rotatable bonds is 5. The van der Waals surface area contributed by atoms with Gasteiger partial charge in [0.2, 0.25) is 0 Å². The zero-order valence-electron chi connectivity index (χ0n) is 10.2. The number of hydrogen-bond acceptors (Lipinski definition) is 4. The highest BCUT2D eigenvalue weighted by atomic mass is 16.6. The van der Waals surface area contributed by atoms with Crippen LogP contribution in [0.2, 0.25) is 0 Å². The first-order valence-corrected chi connectivity index (χ1v) is 5.54. The van der Waals surface area contributed by atoms with Crippen LogP contribution in [0.3, 0.4) is 0 Å². The molecule has 0 fully saturated rings. The third-order valence-electron chi connectivity index (χ3n) is 2.82. The number of nitro groups is 1. The third-order valence-corrected chi connectivity index (χ3v) is 2.82. The molecule has 19 heavy (non-hydrogen) atoms. The van der Waals surface area contributed by atoms with Crippen molar-refractivity contribution in [1.82, 2.24) is 14.1 Å². The van der Waals surface area contributed by atoms with E-state index in [1.54, 1.807) is 12.4 Å². The van der Waals surface area contributed by atoms with E-state index in [0.717, 1.165) is 11.9 Å². The highest BCUT2D eigenvalue weighted by molar-refractivity contribution is 5.86.